The Morgan fingerprint density at radius 3 is 2.07 bits per heavy atom. The van der Waals surface area contributed by atoms with Gasteiger partial charge in [0.25, 0.3) is 0 Å². The number of likely N-dealkylation sites (N-methyl/N-ethyl adjacent to an activating group) is 1. The van der Waals surface area contributed by atoms with Crippen LogP contribution in [0.3, 0.4) is 0 Å². The first-order chi connectivity index (χ1) is 20.4. The monoisotopic (exact) mass is 600 g/mol. The zero-order chi connectivity index (χ0) is 32.1. The molecular weight excluding hydrogens is 548 g/mol. The molecular formula is C32H52N6O5. The minimum Gasteiger partial charge on any atom is -0.343 e. The molecule has 11 heteroatoms. The number of carbonyl (C=O) groups excluding carboxylic acids is 5. The summed E-state index contributed by atoms with van der Waals surface area (Å²) < 4.78 is 0. The van der Waals surface area contributed by atoms with Gasteiger partial charge in [-0.15, -0.1) is 0 Å². The number of Topliss-reactive ketones (excluding diaryl/α,β-unsaturated/α-hetero) is 1. The third-order valence-electron chi connectivity index (χ3n) is 7.83. The lowest BCUT2D eigenvalue weighted by Crippen LogP contribution is -2.59. The fourth-order valence-corrected chi connectivity index (χ4v) is 5.57. The quantitative estimate of drug-likeness (QED) is 0.180. The topological polar surface area (TPSA) is 163 Å². The fourth-order valence-electron chi connectivity index (χ4n) is 5.57. The van der Waals surface area contributed by atoms with E-state index in [4.69, 9.17) is 5.73 Å². The Bertz CT molecular complexity index is 1080. The van der Waals surface area contributed by atoms with Gasteiger partial charge < -0.3 is 31.9 Å². The van der Waals surface area contributed by atoms with Crippen LogP contribution >= 0.6 is 0 Å². The molecule has 1 aliphatic heterocycles. The van der Waals surface area contributed by atoms with E-state index in [2.05, 4.69) is 21.3 Å². The zero-order valence-corrected chi connectivity index (χ0v) is 26.7. The summed E-state index contributed by atoms with van der Waals surface area (Å²) in [4.78, 5) is 67.8. The van der Waals surface area contributed by atoms with E-state index in [0.29, 0.717) is 38.8 Å². The first kappa shape index (κ1) is 35.9. The molecule has 11 nitrogen and oxygen atoms in total. The van der Waals surface area contributed by atoms with Gasteiger partial charge in [0, 0.05) is 13.0 Å². The summed E-state index contributed by atoms with van der Waals surface area (Å²) in [5.41, 5.74) is 6.57. The summed E-state index contributed by atoms with van der Waals surface area (Å²) in [5, 5.41) is 11.6. The third-order valence-corrected chi connectivity index (χ3v) is 7.83. The largest absolute Gasteiger partial charge is 0.343 e. The van der Waals surface area contributed by atoms with Crippen LogP contribution in [-0.4, -0.2) is 84.7 Å². The van der Waals surface area contributed by atoms with Gasteiger partial charge in [-0.3, -0.25) is 24.0 Å². The summed E-state index contributed by atoms with van der Waals surface area (Å²) in [6, 6.07) is 5.63. The maximum Gasteiger partial charge on any atom is 0.246 e. The molecule has 0 spiro atoms. The molecule has 5 unspecified atom stereocenters. The van der Waals surface area contributed by atoms with Crippen molar-refractivity contribution in [1.29, 1.82) is 0 Å². The van der Waals surface area contributed by atoms with Crippen LogP contribution in [0.2, 0.25) is 0 Å². The van der Waals surface area contributed by atoms with E-state index in [1.54, 1.807) is 11.9 Å². The third kappa shape index (κ3) is 11.0. The molecule has 1 aliphatic rings. The van der Waals surface area contributed by atoms with Crippen molar-refractivity contribution in [3.8, 4) is 0 Å². The average Bonchev–Trinajstić information content (AvgIpc) is 3.45. The van der Waals surface area contributed by atoms with Gasteiger partial charge in [0.05, 0.1) is 12.1 Å². The Kier molecular flexibility index (Phi) is 14.8. The van der Waals surface area contributed by atoms with Crippen molar-refractivity contribution in [3.05, 3.63) is 35.9 Å². The number of rotatable bonds is 17. The van der Waals surface area contributed by atoms with Crippen LogP contribution < -0.4 is 27.0 Å². The van der Waals surface area contributed by atoms with Gasteiger partial charge in [0.15, 0.2) is 5.78 Å². The second kappa shape index (κ2) is 17.7. The highest BCUT2D eigenvalue weighted by Gasteiger charge is 2.37. The van der Waals surface area contributed by atoms with Crippen molar-refractivity contribution in [1.82, 2.24) is 26.2 Å². The molecule has 1 saturated heterocycles. The predicted molar refractivity (Wildman–Crippen MR) is 167 cm³/mol. The normalized spacial score (nSPS) is 17.7. The summed E-state index contributed by atoms with van der Waals surface area (Å²) >= 11 is 0. The predicted octanol–water partition coefficient (Wildman–Crippen LogP) is 1.29. The number of likely N-dealkylation sites (tertiary alicyclic amines) is 1. The van der Waals surface area contributed by atoms with E-state index >= 15 is 0 Å². The number of nitrogens with zero attached hydrogens (tertiary/aromatic N) is 1. The zero-order valence-electron chi connectivity index (χ0n) is 26.7. The van der Waals surface area contributed by atoms with Crippen molar-refractivity contribution >= 4 is 29.4 Å². The van der Waals surface area contributed by atoms with E-state index in [-0.39, 0.29) is 35.9 Å². The lowest BCUT2D eigenvalue weighted by Gasteiger charge is -2.30. The number of carbonyl (C=O) groups is 5. The molecule has 0 aromatic heterocycles. The van der Waals surface area contributed by atoms with E-state index in [1.807, 2.05) is 58.0 Å². The highest BCUT2D eigenvalue weighted by molar-refractivity contribution is 5.96. The molecule has 2 rings (SSSR count). The van der Waals surface area contributed by atoms with Crippen molar-refractivity contribution < 1.29 is 24.0 Å². The van der Waals surface area contributed by atoms with Gasteiger partial charge >= 0.3 is 0 Å². The molecule has 5 atom stereocenters. The smallest absolute Gasteiger partial charge is 0.246 e. The number of ketones is 1. The van der Waals surface area contributed by atoms with Crippen molar-refractivity contribution in [2.75, 3.05) is 20.1 Å². The second-order valence-corrected chi connectivity index (χ2v) is 12.2. The average molecular weight is 601 g/mol. The molecule has 4 amide bonds. The van der Waals surface area contributed by atoms with Crippen LogP contribution in [0.5, 0.6) is 0 Å². The molecule has 240 valence electrons. The summed E-state index contributed by atoms with van der Waals surface area (Å²) in [5.74, 6) is -1.63. The van der Waals surface area contributed by atoms with Crippen LogP contribution in [-0.2, 0) is 30.4 Å². The molecule has 43 heavy (non-hydrogen) atoms. The van der Waals surface area contributed by atoms with Gasteiger partial charge in [0.2, 0.25) is 23.6 Å². The van der Waals surface area contributed by atoms with E-state index in [9.17, 15) is 24.0 Å². The van der Waals surface area contributed by atoms with E-state index in [0.717, 1.165) is 12.0 Å². The molecule has 1 aromatic carbocycles. The van der Waals surface area contributed by atoms with Gasteiger partial charge in [-0.1, -0.05) is 58.0 Å². The Morgan fingerprint density at radius 2 is 1.51 bits per heavy atom. The Morgan fingerprint density at radius 1 is 0.907 bits per heavy atom. The fraction of sp³-hybridized carbons (Fsp3) is 0.656. The molecule has 0 radical (unpaired) electrons. The molecule has 0 aliphatic carbocycles. The highest BCUT2D eigenvalue weighted by Crippen LogP contribution is 2.20. The highest BCUT2D eigenvalue weighted by atomic mass is 16.2. The molecule has 1 aromatic rings. The molecule has 1 fully saturated rings. The number of hydrogen-bond acceptors (Lipinski definition) is 7. The van der Waals surface area contributed by atoms with Crippen molar-refractivity contribution in [3.63, 3.8) is 0 Å². The van der Waals surface area contributed by atoms with Gasteiger partial charge in [0.1, 0.15) is 18.1 Å². The molecule has 0 bridgehead atoms. The Balaban J connectivity index is 2.29. The molecule has 6 N–H and O–H groups in total. The number of nitrogens with one attached hydrogen (secondary N) is 4. The van der Waals surface area contributed by atoms with Crippen LogP contribution in [0.15, 0.2) is 30.3 Å². The van der Waals surface area contributed by atoms with Crippen LogP contribution in [0.1, 0.15) is 72.3 Å². The van der Waals surface area contributed by atoms with Crippen molar-refractivity contribution in [2.45, 2.75) is 103 Å². The first-order valence-electron chi connectivity index (χ1n) is 15.5. The summed E-state index contributed by atoms with van der Waals surface area (Å²) in [6.45, 7) is 9.97. The van der Waals surface area contributed by atoms with Crippen molar-refractivity contribution in [2.24, 2.45) is 17.6 Å². The van der Waals surface area contributed by atoms with E-state index in [1.165, 1.54) is 6.92 Å². The summed E-state index contributed by atoms with van der Waals surface area (Å²) in [6.07, 6.45) is 2.70. The minimum absolute atomic E-state index is 0.0000198. The standard InChI is InChI=1S/C32H52N6O5/c1-20(2)18-25(36-29(40)24(14-10-16-33)35-31(42)28(34-6)21(3)4)30(41)37-26(19-23-12-8-7-9-13-23)32(43)38-17-11-15-27(38)22(5)39/h7-9,12-13,20-21,24-28,34H,10-11,14-19,33H2,1-6H3,(H,35,42)(H,36,40)(H,37,41). The minimum atomic E-state index is -0.941. The lowest BCUT2D eigenvalue weighted by atomic mass is 9.99. The van der Waals surface area contributed by atoms with Crippen LogP contribution in [0, 0.1) is 11.8 Å². The first-order valence-corrected chi connectivity index (χ1v) is 15.5. The number of benzene rings is 1. The van der Waals surface area contributed by atoms with E-state index < -0.39 is 42.0 Å². The van der Waals surface area contributed by atoms with Crippen LogP contribution in [0.4, 0.5) is 0 Å². The van der Waals surface area contributed by atoms with Gasteiger partial charge in [-0.05, 0) is 70.0 Å². The number of amides is 4. The number of hydrogen-bond donors (Lipinski definition) is 5. The SMILES string of the molecule is CNC(C(=O)NC(CCCN)C(=O)NC(CC(C)C)C(=O)NC(Cc1ccccc1)C(=O)N1CCCC1C(C)=O)C(C)C. The Labute approximate surface area is 256 Å². The van der Waals surface area contributed by atoms with Crippen LogP contribution in [0.25, 0.3) is 0 Å². The summed E-state index contributed by atoms with van der Waals surface area (Å²) in [7, 11) is 1.69. The molecule has 1 heterocycles. The maximum atomic E-state index is 13.8. The van der Waals surface area contributed by atoms with Gasteiger partial charge in [-0.25, -0.2) is 0 Å². The molecule has 0 saturated carbocycles. The maximum absolute atomic E-state index is 13.8. The number of nitrogens with two attached hydrogens (primary N) is 1. The lowest BCUT2D eigenvalue weighted by molar-refractivity contribution is -0.141. The second-order valence-electron chi connectivity index (χ2n) is 12.2. The van der Waals surface area contributed by atoms with Gasteiger partial charge in [-0.2, -0.15) is 0 Å². The Hall–Kier alpha value is -3.31.